The number of benzene rings is 1. The third-order valence-corrected chi connectivity index (χ3v) is 7.27. The van der Waals surface area contributed by atoms with E-state index in [-0.39, 0.29) is 37.0 Å². The molecule has 38 heavy (non-hydrogen) atoms. The predicted octanol–water partition coefficient (Wildman–Crippen LogP) is 5.74. The third kappa shape index (κ3) is 5.94. The van der Waals surface area contributed by atoms with Crippen molar-refractivity contribution >= 4 is 22.4 Å². The van der Waals surface area contributed by atoms with Crippen LogP contribution in [0.1, 0.15) is 61.1 Å². The second-order valence-electron chi connectivity index (χ2n) is 10.6. The number of nitrogens with two attached hydrogens (primary N) is 2. The molecule has 0 fully saturated rings. The average Bonchev–Trinajstić information content (AvgIpc) is 3.25. The second-order valence-corrected chi connectivity index (χ2v) is 10.6. The Hall–Kier alpha value is -3.17. The number of carbonyl (C=O) groups excluding carboxylic acids is 1. The second kappa shape index (κ2) is 10.5. The Labute approximate surface area is 219 Å². The minimum atomic E-state index is -4.44. The van der Waals surface area contributed by atoms with Crippen molar-refractivity contribution in [2.24, 2.45) is 11.5 Å². The van der Waals surface area contributed by atoms with Gasteiger partial charge in [-0.05, 0) is 56.0 Å². The van der Waals surface area contributed by atoms with E-state index >= 15 is 0 Å². The van der Waals surface area contributed by atoms with Gasteiger partial charge in [-0.1, -0.05) is 49.4 Å². The number of carbonyl (C=O) groups is 1. The summed E-state index contributed by atoms with van der Waals surface area (Å²) in [6, 6.07) is 5.36. The van der Waals surface area contributed by atoms with E-state index < -0.39 is 22.8 Å². The molecule has 5 nitrogen and oxygen atoms in total. The van der Waals surface area contributed by atoms with Gasteiger partial charge in [0.25, 0.3) is 5.91 Å². The molecule has 0 aliphatic heterocycles. The van der Waals surface area contributed by atoms with E-state index in [4.69, 9.17) is 11.5 Å². The number of fused-ring (bicyclic) bond motifs is 1. The first kappa shape index (κ1) is 27.9. The molecule has 2 aromatic rings. The molecule has 6 N–H and O–H groups in total. The summed E-state index contributed by atoms with van der Waals surface area (Å²) in [6.45, 7) is 4.08. The van der Waals surface area contributed by atoms with E-state index in [1.165, 1.54) is 25.2 Å². The summed E-state index contributed by atoms with van der Waals surface area (Å²) in [7, 11) is 0. The fraction of sp³-hybridized carbons (Fsp3) is 0.414. The van der Waals surface area contributed by atoms with Crippen molar-refractivity contribution in [1.82, 2.24) is 10.3 Å². The zero-order valence-electron chi connectivity index (χ0n) is 21.6. The van der Waals surface area contributed by atoms with Crippen molar-refractivity contribution in [3.63, 3.8) is 0 Å². The van der Waals surface area contributed by atoms with Crippen molar-refractivity contribution < 1.29 is 22.4 Å². The van der Waals surface area contributed by atoms with Gasteiger partial charge in [0.15, 0.2) is 0 Å². The van der Waals surface area contributed by atoms with Crippen LogP contribution in [0.5, 0.6) is 0 Å². The summed E-state index contributed by atoms with van der Waals surface area (Å²) in [4.78, 5) is 16.6. The molecule has 0 spiro atoms. The molecule has 1 aromatic heterocycles. The Morgan fingerprint density at radius 3 is 2.53 bits per heavy atom. The monoisotopic (exact) mass is 530 g/mol. The lowest BCUT2D eigenvalue weighted by Gasteiger charge is -2.30. The van der Waals surface area contributed by atoms with Crippen LogP contribution >= 0.6 is 0 Å². The van der Waals surface area contributed by atoms with Gasteiger partial charge in [0, 0.05) is 40.9 Å². The maximum atomic E-state index is 14.2. The lowest BCUT2D eigenvalue weighted by molar-refractivity contribution is -0.0887. The number of rotatable bonds is 8. The number of nitrogens with one attached hydrogen (secondary N) is 2. The van der Waals surface area contributed by atoms with Gasteiger partial charge >= 0.3 is 6.18 Å². The Kier molecular flexibility index (Phi) is 7.72. The Morgan fingerprint density at radius 2 is 1.92 bits per heavy atom. The van der Waals surface area contributed by atoms with Crippen LogP contribution in [0.15, 0.2) is 60.2 Å². The first-order chi connectivity index (χ1) is 17.8. The molecular weight excluding hydrogens is 496 g/mol. The first-order valence-corrected chi connectivity index (χ1v) is 12.8. The predicted molar refractivity (Wildman–Crippen MR) is 143 cm³/mol. The highest BCUT2D eigenvalue weighted by atomic mass is 19.4. The number of aromatic nitrogens is 1. The highest BCUT2D eigenvalue weighted by molar-refractivity contribution is 6.03. The minimum absolute atomic E-state index is 0.0757. The van der Waals surface area contributed by atoms with Crippen molar-refractivity contribution in [3.8, 4) is 0 Å². The van der Waals surface area contributed by atoms with Crippen LogP contribution in [0.25, 0.3) is 16.5 Å². The van der Waals surface area contributed by atoms with Crippen LogP contribution in [-0.2, 0) is 5.41 Å². The number of hydrogen-bond acceptors (Lipinski definition) is 3. The van der Waals surface area contributed by atoms with E-state index in [0.29, 0.717) is 24.0 Å². The molecule has 0 bridgehead atoms. The lowest BCUT2D eigenvalue weighted by Crippen LogP contribution is -2.38. The van der Waals surface area contributed by atoms with Crippen molar-refractivity contribution in [2.45, 2.75) is 62.8 Å². The Morgan fingerprint density at radius 1 is 1.16 bits per heavy atom. The van der Waals surface area contributed by atoms with E-state index in [0.717, 1.165) is 29.0 Å². The Balaban J connectivity index is 1.73. The van der Waals surface area contributed by atoms with Gasteiger partial charge in [0.2, 0.25) is 0 Å². The number of halogens is 4. The number of amides is 1. The standard InChI is InChI=1S/C29H34F4N4O/c1-27(11-9-20(10-12-27)29(31,32)33)24-22-6-5-19(18-7-13-28(2,30)14-8-18)16-23(22)37-25(24)26(38)36-17-21(35)4-3-15-34/h5-11,13,16,21,37H,3-4,12,14-15,17,34-35H2,1-2H3,(H,36,38)/t21-,27?,28?/m0/s1. The molecule has 2 aliphatic rings. The SMILES string of the molecule is CC1(F)C=CC(c2ccc3c(C4(C)C=CC(C(F)(F)F)=CC4)c(C(=O)NC[C@@H](N)CCCN)[nH]c3c2)=CC1. The summed E-state index contributed by atoms with van der Waals surface area (Å²) in [5.41, 5.74) is 12.0. The van der Waals surface area contributed by atoms with E-state index in [2.05, 4.69) is 10.3 Å². The van der Waals surface area contributed by atoms with Gasteiger partial charge in [0.05, 0.1) is 5.57 Å². The van der Waals surface area contributed by atoms with E-state index in [1.807, 2.05) is 31.2 Å². The lowest BCUT2D eigenvalue weighted by atomic mass is 9.74. The summed E-state index contributed by atoms with van der Waals surface area (Å²) >= 11 is 0. The van der Waals surface area contributed by atoms with Crippen LogP contribution in [0, 0.1) is 0 Å². The molecular formula is C29H34F4N4O. The molecule has 1 heterocycles. The topological polar surface area (TPSA) is 96.9 Å². The van der Waals surface area contributed by atoms with Gasteiger partial charge in [-0.2, -0.15) is 13.2 Å². The van der Waals surface area contributed by atoms with Crippen molar-refractivity contribution in [1.29, 1.82) is 0 Å². The molecule has 0 saturated carbocycles. The van der Waals surface area contributed by atoms with Gasteiger partial charge < -0.3 is 21.8 Å². The fourth-order valence-electron chi connectivity index (χ4n) is 4.99. The van der Waals surface area contributed by atoms with Gasteiger partial charge in [-0.25, -0.2) is 4.39 Å². The highest BCUT2D eigenvalue weighted by Gasteiger charge is 2.38. The van der Waals surface area contributed by atoms with Crippen LogP contribution in [0.2, 0.25) is 0 Å². The summed E-state index contributed by atoms with van der Waals surface area (Å²) < 4.78 is 54.1. The van der Waals surface area contributed by atoms with Crippen LogP contribution < -0.4 is 16.8 Å². The van der Waals surface area contributed by atoms with Crippen molar-refractivity contribution in [2.75, 3.05) is 13.1 Å². The van der Waals surface area contributed by atoms with Gasteiger partial charge in [-0.15, -0.1) is 0 Å². The largest absolute Gasteiger partial charge is 0.416 e. The Bertz CT molecular complexity index is 1330. The average molecular weight is 531 g/mol. The molecule has 1 amide bonds. The molecule has 0 saturated heterocycles. The maximum Gasteiger partial charge on any atom is 0.416 e. The minimum Gasteiger partial charge on any atom is -0.350 e. The highest BCUT2D eigenvalue weighted by Crippen LogP contribution is 2.43. The molecule has 4 rings (SSSR count). The van der Waals surface area contributed by atoms with Crippen molar-refractivity contribution in [3.05, 3.63) is 77.0 Å². The third-order valence-electron chi connectivity index (χ3n) is 7.27. The zero-order chi connectivity index (χ0) is 27.7. The number of H-pyrrole nitrogens is 1. The molecule has 9 heteroatoms. The fourth-order valence-corrected chi connectivity index (χ4v) is 4.99. The maximum absolute atomic E-state index is 14.2. The van der Waals surface area contributed by atoms with Gasteiger partial charge in [0.1, 0.15) is 11.4 Å². The molecule has 2 aliphatic carbocycles. The smallest absolute Gasteiger partial charge is 0.350 e. The summed E-state index contributed by atoms with van der Waals surface area (Å²) in [6.07, 6.45) is 6.14. The molecule has 2 unspecified atom stereocenters. The molecule has 204 valence electrons. The molecule has 3 atom stereocenters. The number of aromatic amines is 1. The number of allylic oxidation sites excluding steroid dienone is 8. The molecule has 1 aromatic carbocycles. The van der Waals surface area contributed by atoms with Crippen LogP contribution in [-0.4, -0.2) is 41.9 Å². The zero-order valence-corrected chi connectivity index (χ0v) is 21.6. The van der Waals surface area contributed by atoms with E-state index in [9.17, 15) is 22.4 Å². The van der Waals surface area contributed by atoms with Crippen LogP contribution in [0.4, 0.5) is 17.6 Å². The first-order valence-electron chi connectivity index (χ1n) is 12.8. The summed E-state index contributed by atoms with van der Waals surface area (Å²) in [5, 5.41) is 3.60. The number of alkyl halides is 4. The normalized spacial score (nSPS) is 24.3. The molecule has 0 radical (unpaired) electrons. The van der Waals surface area contributed by atoms with E-state index in [1.54, 1.807) is 6.08 Å². The summed E-state index contributed by atoms with van der Waals surface area (Å²) in [5.74, 6) is -0.383. The number of hydrogen-bond donors (Lipinski definition) is 4. The quantitative estimate of drug-likeness (QED) is 0.328. The van der Waals surface area contributed by atoms with Gasteiger partial charge in [-0.3, -0.25) is 4.79 Å². The van der Waals surface area contributed by atoms with Crippen LogP contribution in [0.3, 0.4) is 0 Å².